The smallest absolute Gasteiger partial charge is 0.326 e. The minimum absolute atomic E-state index is 0.0594. The van der Waals surface area contributed by atoms with E-state index in [9.17, 15) is 33.9 Å². The number of carboxylic acids is 2. The molecule has 0 saturated carbocycles. The number of para-hydroxylation sites is 1. The van der Waals surface area contributed by atoms with Crippen LogP contribution in [0.25, 0.3) is 10.9 Å². The van der Waals surface area contributed by atoms with Crippen molar-refractivity contribution in [3.05, 3.63) is 54.2 Å². The molecular formula is C26H32N8O8. The van der Waals surface area contributed by atoms with Crippen LogP contribution in [0.1, 0.15) is 30.5 Å². The maximum atomic E-state index is 13.6. The maximum Gasteiger partial charge on any atom is 0.326 e. The quantitative estimate of drug-likeness (QED) is 0.0918. The molecule has 16 nitrogen and oxygen atoms in total. The van der Waals surface area contributed by atoms with Gasteiger partial charge in [0.05, 0.1) is 18.8 Å². The van der Waals surface area contributed by atoms with Gasteiger partial charge in [0.15, 0.2) is 0 Å². The van der Waals surface area contributed by atoms with Crippen LogP contribution < -0.4 is 27.4 Å². The lowest BCUT2D eigenvalue weighted by molar-refractivity contribution is -0.142. The number of nitrogens with two attached hydrogens (primary N) is 2. The Bertz CT molecular complexity index is 1440. The van der Waals surface area contributed by atoms with E-state index in [1.165, 1.54) is 12.5 Å². The molecule has 2 aromatic heterocycles. The monoisotopic (exact) mass is 584 g/mol. The molecule has 42 heavy (non-hydrogen) atoms. The number of aromatic amines is 2. The summed E-state index contributed by atoms with van der Waals surface area (Å²) in [6, 6.07) is 1.65. The predicted molar refractivity (Wildman–Crippen MR) is 146 cm³/mol. The Morgan fingerprint density at radius 2 is 1.52 bits per heavy atom. The molecule has 1 aromatic carbocycles. The highest BCUT2D eigenvalue weighted by molar-refractivity contribution is 5.95. The zero-order valence-corrected chi connectivity index (χ0v) is 22.3. The number of carbonyl (C=O) groups is 6. The summed E-state index contributed by atoms with van der Waals surface area (Å²) in [5.74, 6) is -6.07. The lowest BCUT2D eigenvalue weighted by Crippen LogP contribution is -2.58. The van der Waals surface area contributed by atoms with E-state index in [1.807, 2.05) is 12.1 Å². The van der Waals surface area contributed by atoms with Crippen LogP contribution in [0.2, 0.25) is 0 Å². The number of primary amides is 1. The van der Waals surface area contributed by atoms with E-state index in [1.54, 1.807) is 18.3 Å². The fourth-order valence-corrected chi connectivity index (χ4v) is 4.20. The van der Waals surface area contributed by atoms with Gasteiger partial charge in [-0.15, -0.1) is 0 Å². The van der Waals surface area contributed by atoms with E-state index < -0.39 is 66.2 Å². The minimum atomic E-state index is -1.47. The molecule has 0 fully saturated rings. The van der Waals surface area contributed by atoms with Gasteiger partial charge in [0, 0.05) is 48.3 Å². The van der Waals surface area contributed by atoms with Crippen LogP contribution in [0.15, 0.2) is 43.0 Å². The predicted octanol–water partition coefficient (Wildman–Crippen LogP) is -1.72. The number of carboxylic acid groups (broad SMARTS) is 2. The van der Waals surface area contributed by atoms with Gasteiger partial charge in [-0.1, -0.05) is 18.2 Å². The van der Waals surface area contributed by atoms with Gasteiger partial charge >= 0.3 is 11.9 Å². The number of amides is 4. The van der Waals surface area contributed by atoms with Gasteiger partial charge in [-0.25, -0.2) is 9.78 Å². The third-order valence-corrected chi connectivity index (χ3v) is 6.37. The number of rotatable bonds is 16. The number of aromatic nitrogens is 3. The van der Waals surface area contributed by atoms with Crippen LogP contribution in [0.4, 0.5) is 0 Å². The zero-order chi connectivity index (χ0) is 30.8. The first-order valence-corrected chi connectivity index (χ1v) is 12.9. The second kappa shape index (κ2) is 14.4. The molecule has 224 valence electrons. The Morgan fingerprint density at radius 1 is 0.881 bits per heavy atom. The number of fused-ring (bicyclic) bond motifs is 1. The average molecular weight is 585 g/mol. The Balaban J connectivity index is 1.86. The molecule has 0 aliphatic rings. The van der Waals surface area contributed by atoms with Crippen molar-refractivity contribution in [2.24, 2.45) is 11.5 Å². The molecular weight excluding hydrogens is 552 g/mol. The highest BCUT2D eigenvalue weighted by Crippen LogP contribution is 2.19. The summed E-state index contributed by atoms with van der Waals surface area (Å²) >= 11 is 0. The summed E-state index contributed by atoms with van der Waals surface area (Å²) in [5.41, 5.74) is 12.7. The van der Waals surface area contributed by atoms with Crippen molar-refractivity contribution in [1.82, 2.24) is 30.9 Å². The van der Waals surface area contributed by atoms with Gasteiger partial charge in [0.25, 0.3) is 0 Å². The SMILES string of the molecule is NC(=O)CCC(NC(=O)C(Cc1cnc[nH]1)NC(=O)C(Cc1c[nH]c2ccccc12)NC(=O)C(N)CC(=O)O)C(=O)O. The Hall–Kier alpha value is -5.25. The van der Waals surface area contributed by atoms with Gasteiger partial charge in [-0.2, -0.15) is 0 Å². The van der Waals surface area contributed by atoms with Crippen LogP contribution >= 0.6 is 0 Å². The van der Waals surface area contributed by atoms with Crippen molar-refractivity contribution < 1.29 is 39.0 Å². The summed E-state index contributed by atoms with van der Waals surface area (Å²) in [6.45, 7) is 0. The number of hydrogen-bond donors (Lipinski definition) is 9. The second-order valence-electron chi connectivity index (χ2n) is 9.58. The molecule has 11 N–H and O–H groups in total. The molecule has 0 bridgehead atoms. The third kappa shape index (κ3) is 8.88. The molecule has 16 heteroatoms. The molecule has 3 aromatic rings. The number of aliphatic carboxylic acids is 2. The summed E-state index contributed by atoms with van der Waals surface area (Å²) in [4.78, 5) is 83.2. The van der Waals surface area contributed by atoms with Crippen molar-refractivity contribution >= 4 is 46.5 Å². The standard InChI is InChI=1S/C26H32N8O8/c27-16(9-22(36)37)23(38)33-19(7-13-10-30-17-4-2-1-3-15(13)17)24(39)34-20(8-14-11-29-12-31-14)25(40)32-18(26(41)42)5-6-21(28)35/h1-4,10-12,16,18-20,30H,5-9,27H2,(H2,28,35)(H,29,31)(H,32,40)(H,33,38)(H,34,39)(H,36,37)(H,41,42). The summed E-state index contributed by atoms with van der Waals surface area (Å²) < 4.78 is 0. The first kappa shape index (κ1) is 31.3. The molecule has 0 radical (unpaired) electrons. The second-order valence-corrected chi connectivity index (χ2v) is 9.58. The molecule has 3 rings (SSSR count). The molecule has 4 atom stereocenters. The fourth-order valence-electron chi connectivity index (χ4n) is 4.20. The largest absolute Gasteiger partial charge is 0.481 e. The average Bonchev–Trinajstić information content (AvgIpc) is 3.59. The maximum absolute atomic E-state index is 13.6. The van der Waals surface area contributed by atoms with Crippen LogP contribution in [-0.2, 0) is 41.6 Å². The van der Waals surface area contributed by atoms with Crippen molar-refractivity contribution in [3.63, 3.8) is 0 Å². The van der Waals surface area contributed by atoms with Crippen LogP contribution in [0, 0.1) is 0 Å². The number of benzene rings is 1. The van der Waals surface area contributed by atoms with E-state index in [0.29, 0.717) is 11.3 Å². The molecule has 0 aliphatic heterocycles. The van der Waals surface area contributed by atoms with Crippen LogP contribution in [0.3, 0.4) is 0 Å². The Morgan fingerprint density at radius 3 is 2.14 bits per heavy atom. The van der Waals surface area contributed by atoms with E-state index in [0.717, 1.165) is 10.9 Å². The van der Waals surface area contributed by atoms with Crippen LogP contribution in [0.5, 0.6) is 0 Å². The summed E-state index contributed by atoms with van der Waals surface area (Å²) in [5, 5.41) is 26.6. The number of carbonyl (C=O) groups excluding carboxylic acids is 4. The van der Waals surface area contributed by atoms with Crippen molar-refractivity contribution in [2.75, 3.05) is 0 Å². The normalized spacial score (nSPS) is 13.8. The number of imidazole rings is 1. The van der Waals surface area contributed by atoms with Crippen LogP contribution in [-0.4, -0.2) is 84.9 Å². The molecule has 4 unspecified atom stereocenters. The molecule has 0 saturated heterocycles. The lowest BCUT2D eigenvalue weighted by Gasteiger charge is -2.25. The van der Waals surface area contributed by atoms with Gasteiger partial charge in [-0.3, -0.25) is 24.0 Å². The number of nitrogens with one attached hydrogen (secondary N) is 5. The highest BCUT2D eigenvalue weighted by Gasteiger charge is 2.31. The number of nitrogens with zero attached hydrogens (tertiary/aromatic N) is 1. The Kier molecular flexibility index (Phi) is 10.7. The van der Waals surface area contributed by atoms with E-state index in [4.69, 9.17) is 16.6 Å². The lowest BCUT2D eigenvalue weighted by atomic mass is 10.0. The molecule has 0 aliphatic carbocycles. The van der Waals surface area contributed by atoms with Gasteiger partial charge < -0.3 is 47.6 Å². The third-order valence-electron chi connectivity index (χ3n) is 6.37. The minimum Gasteiger partial charge on any atom is -0.481 e. The van der Waals surface area contributed by atoms with Gasteiger partial charge in [0.2, 0.25) is 23.6 Å². The summed E-state index contributed by atoms with van der Waals surface area (Å²) in [7, 11) is 0. The Labute approximate surface area is 238 Å². The van der Waals surface area contributed by atoms with Gasteiger partial charge in [0.1, 0.15) is 18.1 Å². The topological polar surface area (TPSA) is 275 Å². The van der Waals surface area contributed by atoms with Gasteiger partial charge in [-0.05, 0) is 18.1 Å². The van der Waals surface area contributed by atoms with E-state index in [-0.39, 0.29) is 25.7 Å². The highest BCUT2D eigenvalue weighted by atomic mass is 16.4. The zero-order valence-electron chi connectivity index (χ0n) is 22.3. The van der Waals surface area contributed by atoms with Crippen molar-refractivity contribution in [3.8, 4) is 0 Å². The first-order chi connectivity index (χ1) is 19.9. The first-order valence-electron chi connectivity index (χ1n) is 12.9. The number of hydrogen-bond acceptors (Lipinski definition) is 8. The number of H-pyrrole nitrogens is 2. The van der Waals surface area contributed by atoms with Crippen molar-refractivity contribution in [1.29, 1.82) is 0 Å². The molecule has 0 spiro atoms. The summed E-state index contributed by atoms with van der Waals surface area (Å²) in [6.07, 6.45) is 2.96. The fraction of sp³-hybridized carbons (Fsp3) is 0.346. The van der Waals surface area contributed by atoms with E-state index in [2.05, 4.69) is 30.9 Å². The molecule has 4 amide bonds. The van der Waals surface area contributed by atoms with E-state index >= 15 is 0 Å². The molecule has 2 heterocycles. The van der Waals surface area contributed by atoms with Crippen molar-refractivity contribution in [2.45, 2.75) is 56.3 Å².